The Balaban J connectivity index is 1.24. The average Bonchev–Trinajstić information content (AvgIpc) is 3.60. The van der Waals surface area contributed by atoms with Gasteiger partial charge >= 0.3 is 5.57 Å². The van der Waals surface area contributed by atoms with Crippen molar-refractivity contribution in [2.75, 3.05) is 43.0 Å². The second-order valence-corrected chi connectivity index (χ2v) is 13.5. The van der Waals surface area contributed by atoms with Gasteiger partial charge in [-0.2, -0.15) is 9.50 Å². The highest BCUT2D eigenvalue weighted by Gasteiger charge is 2.31. The molecule has 15 nitrogen and oxygen atoms in total. The number of carbonyl (C=O) groups is 2. The summed E-state index contributed by atoms with van der Waals surface area (Å²) in [6.07, 6.45) is 2.23. The van der Waals surface area contributed by atoms with Crippen LogP contribution in [0.3, 0.4) is 0 Å². The minimum Gasteiger partial charge on any atom is -0.504 e. The van der Waals surface area contributed by atoms with Gasteiger partial charge < -0.3 is 34.3 Å². The second kappa shape index (κ2) is 14.8. The first kappa shape index (κ1) is 36.9. The van der Waals surface area contributed by atoms with Crippen LogP contribution in [0, 0.1) is 6.92 Å². The zero-order valence-corrected chi connectivity index (χ0v) is 30.5. The van der Waals surface area contributed by atoms with Gasteiger partial charge in [0, 0.05) is 49.4 Å². The van der Waals surface area contributed by atoms with Crippen LogP contribution >= 0.6 is 23.2 Å². The van der Waals surface area contributed by atoms with Crippen LogP contribution in [0.25, 0.3) is 17.2 Å². The van der Waals surface area contributed by atoms with Crippen molar-refractivity contribution in [3.8, 4) is 22.9 Å². The van der Waals surface area contributed by atoms with E-state index in [2.05, 4.69) is 25.1 Å². The van der Waals surface area contributed by atoms with E-state index in [1.165, 1.54) is 27.9 Å². The molecule has 7 rings (SSSR count). The van der Waals surface area contributed by atoms with Crippen molar-refractivity contribution in [2.45, 2.75) is 45.4 Å². The number of ether oxygens (including phenoxy) is 2. The summed E-state index contributed by atoms with van der Waals surface area (Å²) < 4.78 is 39.1. The topological polar surface area (TPSA) is 169 Å². The number of aromatic hydroxyl groups is 1. The highest BCUT2D eigenvalue weighted by molar-refractivity contribution is 6.33. The maximum Gasteiger partial charge on any atom is 0.487 e. The number of benzene rings is 2. The molecule has 0 radical (unpaired) electrons. The lowest BCUT2D eigenvalue weighted by molar-refractivity contribution is -0.116. The van der Waals surface area contributed by atoms with Gasteiger partial charge in [0.25, 0.3) is 11.5 Å². The minimum absolute atomic E-state index is 0.0799. The van der Waals surface area contributed by atoms with Gasteiger partial charge in [0.1, 0.15) is 24.3 Å². The quantitative estimate of drug-likeness (QED) is 0.203. The number of amides is 2. The lowest BCUT2D eigenvalue weighted by atomic mass is 10.0. The Morgan fingerprint density at radius 3 is 2.59 bits per heavy atom. The zero-order chi connectivity index (χ0) is 38.3. The van der Waals surface area contributed by atoms with Crippen LogP contribution in [0.1, 0.15) is 39.9 Å². The molecule has 0 atom stereocenters. The monoisotopic (exact) mass is 783 g/mol. The van der Waals surface area contributed by atoms with Crippen molar-refractivity contribution in [1.29, 1.82) is 0 Å². The van der Waals surface area contributed by atoms with E-state index in [1.54, 1.807) is 11.5 Å². The predicted molar refractivity (Wildman–Crippen MR) is 193 cm³/mol. The first-order chi connectivity index (χ1) is 25.8. The Kier molecular flexibility index (Phi) is 10.1. The number of fused-ring (bicyclic) bond motifs is 2. The Morgan fingerprint density at radius 1 is 1.09 bits per heavy atom. The van der Waals surface area contributed by atoms with Crippen molar-refractivity contribution in [1.82, 2.24) is 34.0 Å². The number of nitrogens with zero attached hydrogens (tertiary/aromatic N) is 8. The molecule has 19 heteroatoms. The van der Waals surface area contributed by atoms with Crippen LogP contribution in [0.15, 0.2) is 47.5 Å². The molecule has 0 saturated carbocycles. The van der Waals surface area contributed by atoms with Crippen molar-refractivity contribution < 1.29 is 33.0 Å². The fourth-order valence-corrected chi connectivity index (χ4v) is 6.90. The summed E-state index contributed by atoms with van der Waals surface area (Å²) in [4.78, 5) is 57.4. The number of aromatic nitrogens is 6. The third-order valence-corrected chi connectivity index (χ3v) is 9.63. The maximum absolute atomic E-state index is 14.4. The van der Waals surface area contributed by atoms with Gasteiger partial charge in [-0.15, -0.1) is 13.9 Å². The van der Waals surface area contributed by atoms with Gasteiger partial charge in [0.05, 0.1) is 35.3 Å². The first-order valence-corrected chi connectivity index (χ1v) is 17.7. The lowest BCUT2D eigenvalue weighted by Crippen LogP contribution is -2.51. The number of halogens is 4. The highest BCUT2D eigenvalue weighted by Crippen LogP contribution is 2.32. The number of anilines is 2. The average molecular weight is 785 g/mol. The van der Waals surface area contributed by atoms with Crippen molar-refractivity contribution in [3.05, 3.63) is 86.3 Å². The number of rotatable bonds is 9. The normalized spacial score (nSPS) is 14.6. The standard InChI is InChI=1S/C35H33Cl2F2N9O6/c1-3-26-29(45-9-11-46(12-10-45)32(51)28-30(50)19(2)40-18-41-28)33(52)48-34(43-31(44-48)21-4-5-22-17-53-13-8-20(22)14-21)47(26)16-27(49)42-25-7-6-23(15-24(25)36)54-35(37,38)39/h4-7,14-15,18,50H,3,8-13,16-17H2,1-2H3,(H,42,49). The van der Waals surface area contributed by atoms with Gasteiger partial charge in [-0.05, 0) is 49.1 Å². The zero-order valence-electron chi connectivity index (χ0n) is 29.0. The summed E-state index contributed by atoms with van der Waals surface area (Å²) in [6, 6.07) is 9.33. The van der Waals surface area contributed by atoms with Crippen LogP contribution < -0.4 is 20.5 Å². The molecule has 0 unspecified atom stereocenters. The SMILES string of the molecule is CCc1c(N2CCN(C(=O)c3ncnc(C)c3O)CC2)c(=O)n2nc(-c3ccc4c(c3)CCOC4)nc2n1CC(=O)Nc1ccc(OC(F)(F)Cl)cc1Cl. The molecule has 0 aliphatic carbocycles. The molecule has 2 aromatic carbocycles. The van der Waals surface area contributed by atoms with Gasteiger partial charge in [-0.3, -0.25) is 14.4 Å². The van der Waals surface area contributed by atoms with Crippen LogP contribution in [0.4, 0.5) is 20.2 Å². The van der Waals surface area contributed by atoms with Crippen LogP contribution in [-0.4, -0.2) is 89.3 Å². The maximum atomic E-state index is 14.4. The number of hydrogen-bond donors (Lipinski definition) is 2. The predicted octanol–water partition coefficient (Wildman–Crippen LogP) is 4.42. The first-order valence-electron chi connectivity index (χ1n) is 16.9. The molecule has 3 aromatic heterocycles. The van der Waals surface area contributed by atoms with E-state index < -0.39 is 22.9 Å². The summed E-state index contributed by atoms with van der Waals surface area (Å²) in [6.45, 7) is 5.06. The third-order valence-electron chi connectivity index (χ3n) is 9.24. The van der Waals surface area contributed by atoms with E-state index in [0.717, 1.165) is 17.2 Å². The largest absolute Gasteiger partial charge is 0.504 e. The number of nitrogens with one attached hydrogen (secondary N) is 1. The fraction of sp³-hybridized carbons (Fsp3) is 0.343. The molecule has 0 bridgehead atoms. The lowest BCUT2D eigenvalue weighted by Gasteiger charge is -2.36. The second-order valence-electron chi connectivity index (χ2n) is 12.6. The van der Waals surface area contributed by atoms with E-state index in [1.807, 2.05) is 30.0 Å². The van der Waals surface area contributed by atoms with E-state index in [-0.39, 0.29) is 83.6 Å². The summed E-state index contributed by atoms with van der Waals surface area (Å²) in [5, 5.41) is 17.7. The molecule has 5 aromatic rings. The molecule has 282 valence electrons. The summed E-state index contributed by atoms with van der Waals surface area (Å²) in [5.74, 6) is -1.23. The highest BCUT2D eigenvalue weighted by atomic mass is 35.5. The molecule has 1 fully saturated rings. The number of aryl methyl sites for hydroxylation is 1. The van der Waals surface area contributed by atoms with Crippen LogP contribution in [0.2, 0.25) is 5.02 Å². The Hall–Kier alpha value is -5.39. The summed E-state index contributed by atoms with van der Waals surface area (Å²) in [5.41, 5.74) is -0.525. The van der Waals surface area contributed by atoms with Gasteiger partial charge in [0.15, 0.2) is 17.3 Å². The third kappa shape index (κ3) is 7.38. The molecule has 1 saturated heterocycles. The molecule has 2 N–H and O–H groups in total. The van der Waals surface area contributed by atoms with Gasteiger partial charge in [0.2, 0.25) is 11.7 Å². The van der Waals surface area contributed by atoms with Gasteiger partial charge in [-0.25, -0.2) is 9.97 Å². The molecule has 2 amide bonds. The number of alkyl halides is 3. The molecule has 5 heterocycles. The van der Waals surface area contributed by atoms with Crippen molar-refractivity contribution >= 4 is 52.2 Å². The Labute approximate surface area is 316 Å². The van der Waals surface area contributed by atoms with Gasteiger partial charge in [-0.1, -0.05) is 30.7 Å². The Bertz CT molecular complexity index is 2340. The smallest absolute Gasteiger partial charge is 0.487 e. The van der Waals surface area contributed by atoms with Crippen LogP contribution in [0.5, 0.6) is 11.5 Å². The van der Waals surface area contributed by atoms with E-state index in [0.29, 0.717) is 37.3 Å². The molecule has 2 aliphatic rings. The number of carbonyl (C=O) groups excluding carboxylic acids is 2. The summed E-state index contributed by atoms with van der Waals surface area (Å²) >= 11 is 11.2. The van der Waals surface area contributed by atoms with E-state index in [9.17, 15) is 28.3 Å². The molecular formula is C35H33Cl2F2N9O6. The van der Waals surface area contributed by atoms with Crippen LogP contribution in [-0.2, 0) is 35.5 Å². The Morgan fingerprint density at radius 2 is 1.87 bits per heavy atom. The molecule has 54 heavy (non-hydrogen) atoms. The fourth-order valence-electron chi connectivity index (χ4n) is 6.59. The van der Waals surface area contributed by atoms with Crippen molar-refractivity contribution in [2.24, 2.45) is 0 Å². The molecule has 0 spiro atoms. The number of piperazine rings is 1. The molecule has 2 aliphatic heterocycles. The van der Waals surface area contributed by atoms with Crippen molar-refractivity contribution in [3.63, 3.8) is 0 Å². The van der Waals surface area contributed by atoms with E-state index >= 15 is 0 Å². The minimum atomic E-state index is -3.95. The molecular weight excluding hydrogens is 751 g/mol. The summed E-state index contributed by atoms with van der Waals surface area (Å²) in [7, 11) is 0. The number of hydrogen-bond acceptors (Lipinski definition) is 11. The van der Waals surface area contributed by atoms with E-state index in [4.69, 9.17) is 32.9 Å².